The molecule has 5 rings (SSSR count). The van der Waals surface area contributed by atoms with Crippen molar-refractivity contribution in [2.45, 2.75) is 46.3 Å². The minimum absolute atomic E-state index is 0.198. The van der Waals surface area contributed by atoms with Gasteiger partial charge in [0, 0.05) is 13.1 Å². The highest BCUT2D eigenvalue weighted by Gasteiger charge is 2.14. The van der Waals surface area contributed by atoms with Crippen LogP contribution in [0.1, 0.15) is 43.4 Å². The third-order valence-electron chi connectivity index (χ3n) is 6.02. The van der Waals surface area contributed by atoms with E-state index in [4.69, 9.17) is 16.3 Å². The lowest BCUT2D eigenvalue weighted by Crippen LogP contribution is -2.18. The molecule has 35 heavy (non-hydrogen) atoms. The molecule has 0 amide bonds. The van der Waals surface area contributed by atoms with Crippen molar-refractivity contribution in [3.8, 4) is 5.75 Å². The Morgan fingerprint density at radius 3 is 2.37 bits per heavy atom. The van der Waals surface area contributed by atoms with Crippen LogP contribution in [0.4, 0.5) is 5.82 Å². The Morgan fingerprint density at radius 1 is 0.943 bits per heavy atom. The van der Waals surface area contributed by atoms with Crippen LogP contribution in [0.5, 0.6) is 5.75 Å². The van der Waals surface area contributed by atoms with E-state index in [1.54, 1.807) is 13.3 Å². The molecule has 184 valence electrons. The monoisotopic (exact) mass is 492 g/mol. The number of nitrogens with zero attached hydrogens (tertiary/aromatic N) is 5. The molecular weight excluding hydrogens is 460 g/mol. The third kappa shape index (κ3) is 6.29. The number of ether oxygens (including phenoxy) is 1. The van der Waals surface area contributed by atoms with Crippen LogP contribution in [-0.2, 0) is 19.6 Å². The van der Waals surface area contributed by atoms with Gasteiger partial charge in [-0.3, -0.25) is 4.90 Å². The van der Waals surface area contributed by atoms with E-state index in [1.807, 2.05) is 42.8 Å². The van der Waals surface area contributed by atoms with E-state index >= 15 is 0 Å². The summed E-state index contributed by atoms with van der Waals surface area (Å²) in [5.41, 5.74) is 4.36. The van der Waals surface area contributed by atoms with Crippen molar-refractivity contribution in [1.82, 2.24) is 24.6 Å². The molecule has 0 radical (unpaired) electrons. The fraction of sp³-hybridized carbons (Fsp3) is 0.370. The number of benzene rings is 2. The number of rotatable bonds is 8. The summed E-state index contributed by atoms with van der Waals surface area (Å²) in [6.45, 7) is 8.62. The molecule has 8 heteroatoms. The molecule has 0 unspecified atom stereocenters. The third-order valence-corrected chi connectivity index (χ3v) is 6.19. The van der Waals surface area contributed by atoms with Gasteiger partial charge in [-0.2, -0.15) is 15.1 Å². The largest absolute Gasteiger partial charge is 0.497 e. The van der Waals surface area contributed by atoms with Gasteiger partial charge in [-0.25, -0.2) is 4.68 Å². The van der Waals surface area contributed by atoms with E-state index in [9.17, 15) is 0 Å². The lowest BCUT2D eigenvalue weighted by molar-refractivity contribution is 0.331. The van der Waals surface area contributed by atoms with Gasteiger partial charge in [0.2, 0.25) is 5.28 Å². The number of halogens is 1. The second kappa shape index (κ2) is 12.0. The van der Waals surface area contributed by atoms with Crippen molar-refractivity contribution >= 4 is 28.5 Å². The Bertz CT molecular complexity index is 1230. The van der Waals surface area contributed by atoms with Crippen LogP contribution in [-0.4, -0.2) is 44.8 Å². The molecule has 2 aromatic carbocycles. The molecule has 0 saturated carbocycles. The van der Waals surface area contributed by atoms with Gasteiger partial charge in [-0.15, -0.1) is 0 Å². The molecule has 0 spiro atoms. The smallest absolute Gasteiger partial charge is 0.226 e. The number of likely N-dealkylation sites (tertiary alicyclic amines) is 1. The van der Waals surface area contributed by atoms with Crippen molar-refractivity contribution in [1.29, 1.82) is 0 Å². The maximum Gasteiger partial charge on any atom is 0.226 e. The normalized spacial score (nSPS) is 13.5. The molecular formula is C27H33ClN6O. The van der Waals surface area contributed by atoms with Gasteiger partial charge in [0.15, 0.2) is 5.65 Å². The van der Waals surface area contributed by atoms with E-state index < -0.39 is 0 Å². The van der Waals surface area contributed by atoms with Crippen LogP contribution in [0.25, 0.3) is 11.0 Å². The Kier molecular flexibility index (Phi) is 8.55. The van der Waals surface area contributed by atoms with Crippen molar-refractivity contribution in [2.75, 3.05) is 25.5 Å². The molecule has 0 atom stereocenters. The number of hydrogen-bond acceptors (Lipinski definition) is 6. The number of anilines is 1. The first kappa shape index (κ1) is 24.9. The van der Waals surface area contributed by atoms with Crippen LogP contribution in [0.3, 0.4) is 0 Å². The zero-order chi connectivity index (χ0) is 24.6. The molecule has 1 N–H and O–H groups in total. The number of methoxy groups -OCH3 is 1. The number of nitrogens with one attached hydrogen (secondary N) is 1. The van der Waals surface area contributed by atoms with Gasteiger partial charge in [0.25, 0.3) is 0 Å². The van der Waals surface area contributed by atoms with Gasteiger partial charge in [-0.1, -0.05) is 50.2 Å². The molecule has 1 aliphatic heterocycles. The first-order valence-electron chi connectivity index (χ1n) is 12.2. The summed E-state index contributed by atoms with van der Waals surface area (Å²) in [6.07, 6.45) is 4.40. The fourth-order valence-electron chi connectivity index (χ4n) is 4.31. The van der Waals surface area contributed by atoms with Gasteiger partial charge in [-0.05, 0) is 66.4 Å². The fourth-order valence-corrected chi connectivity index (χ4v) is 4.47. The minimum atomic E-state index is 0.198. The molecule has 1 fully saturated rings. The topological polar surface area (TPSA) is 68.1 Å². The van der Waals surface area contributed by atoms with Crippen molar-refractivity contribution in [2.24, 2.45) is 0 Å². The predicted octanol–water partition coefficient (Wildman–Crippen LogP) is 5.77. The van der Waals surface area contributed by atoms with E-state index in [0.717, 1.165) is 28.9 Å². The van der Waals surface area contributed by atoms with Crippen LogP contribution < -0.4 is 10.1 Å². The molecule has 3 heterocycles. The lowest BCUT2D eigenvalue weighted by atomic mass is 10.1. The van der Waals surface area contributed by atoms with Gasteiger partial charge in [0.1, 0.15) is 11.6 Å². The maximum atomic E-state index is 6.27. The number of fused-ring (bicyclic) bond motifs is 1. The Balaban J connectivity index is 0.00000141. The molecule has 4 aromatic rings. The maximum absolute atomic E-state index is 6.27. The first-order valence-corrected chi connectivity index (χ1v) is 12.6. The molecule has 1 saturated heterocycles. The molecule has 0 aliphatic carbocycles. The zero-order valence-electron chi connectivity index (χ0n) is 20.7. The SMILES string of the molecule is CC.COc1ccc(CNc2nc(Cl)nc3c2cnn3Cc2cccc(CN3CCCC3)c2)cc1. The van der Waals surface area contributed by atoms with E-state index in [2.05, 4.69) is 49.5 Å². The molecule has 2 aromatic heterocycles. The molecule has 1 aliphatic rings. The number of aromatic nitrogens is 4. The van der Waals surface area contributed by atoms with Crippen molar-refractivity contribution in [3.63, 3.8) is 0 Å². The number of hydrogen-bond donors (Lipinski definition) is 1. The molecule has 0 bridgehead atoms. The highest BCUT2D eigenvalue weighted by Crippen LogP contribution is 2.24. The summed E-state index contributed by atoms with van der Waals surface area (Å²) in [6, 6.07) is 16.6. The zero-order valence-corrected chi connectivity index (χ0v) is 21.4. The quantitative estimate of drug-likeness (QED) is 0.315. The lowest BCUT2D eigenvalue weighted by Gasteiger charge is -2.15. The van der Waals surface area contributed by atoms with E-state index in [0.29, 0.717) is 18.9 Å². The van der Waals surface area contributed by atoms with Gasteiger partial charge < -0.3 is 10.1 Å². The van der Waals surface area contributed by atoms with Crippen LogP contribution in [0.2, 0.25) is 5.28 Å². The van der Waals surface area contributed by atoms with Gasteiger partial charge >= 0.3 is 0 Å². The Morgan fingerprint density at radius 2 is 1.66 bits per heavy atom. The van der Waals surface area contributed by atoms with Crippen molar-refractivity contribution < 1.29 is 4.74 Å². The average molecular weight is 493 g/mol. The summed E-state index contributed by atoms with van der Waals surface area (Å²) < 4.78 is 7.11. The summed E-state index contributed by atoms with van der Waals surface area (Å²) in [5.74, 6) is 1.51. The van der Waals surface area contributed by atoms with E-state index in [-0.39, 0.29) is 5.28 Å². The highest BCUT2D eigenvalue weighted by molar-refractivity contribution is 6.28. The summed E-state index contributed by atoms with van der Waals surface area (Å²) in [5, 5.41) is 9.01. The Hall–Kier alpha value is -3.16. The summed E-state index contributed by atoms with van der Waals surface area (Å²) >= 11 is 6.27. The minimum Gasteiger partial charge on any atom is -0.497 e. The van der Waals surface area contributed by atoms with E-state index in [1.165, 1.54) is 37.1 Å². The first-order chi connectivity index (χ1) is 17.2. The summed E-state index contributed by atoms with van der Waals surface area (Å²) in [4.78, 5) is 11.4. The molecule has 7 nitrogen and oxygen atoms in total. The van der Waals surface area contributed by atoms with Crippen LogP contribution >= 0.6 is 11.6 Å². The standard InChI is InChI=1S/C25H27ClN6O.C2H6/c1-33-21-9-7-18(8-10-21)14-27-23-22-15-28-32(24(22)30-25(26)29-23)17-20-6-4-5-19(13-20)16-31-11-2-3-12-31;1-2/h4-10,13,15H,2-3,11-12,14,16-17H2,1H3,(H,27,29,30);1-2H3. The van der Waals surface area contributed by atoms with Gasteiger partial charge in [0.05, 0.1) is 25.2 Å². The highest BCUT2D eigenvalue weighted by atomic mass is 35.5. The van der Waals surface area contributed by atoms with Crippen molar-refractivity contribution in [3.05, 3.63) is 76.7 Å². The second-order valence-corrected chi connectivity index (χ2v) is 8.72. The predicted molar refractivity (Wildman–Crippen MR) is 142 cm³/mol. The second-order valence-electron chi connectivity index (χ2n) is 8.39. The average Bonchev–Trinajstić information content (AvgIpc) is 3.54. The summed E-state index contributed by atoms with van der Waals surface area (Å²) in [7, 11) is 1.66. The van der Waals surface area contributed by atoms with Crippen LogP contribution in [0, 0.1) is 0 Å². The Labute approximate surface area is 212 Å². The van der Waals surface area contributed by atoms with Crippen LogP contribution in [0.15, 0.2) is 54.7 Å².